The Kier molecular flexibility index (Phi) is 8.86. The maximum absolute atomic E-state index is 13.4. The summed E-state index contributed by atoms with van der Waals surface area (Å²) in [5.41, 5.74) is 5.18. The van der Waals surface area contributed by atoms with Gasteiger partial charge in [0.15, 0.2) is 0 Å². The lowest BCUT2D eigenvalue weighted by Gasteiger charge is -2.26. The number of esters is 1. The van der Waals surface area contributed by atoms with E-state index in [1.807, 2.05) is 37.3 Å². The first-order chi connectivity index (χ1) is 22.0. The molecule has 6 rings (SSSR count). The van der Waals surface area contributed by atoms with E-state index in [1.54, 1.807) is 29.3 Å². The predicted octanol–water partition coefficient (Wildman–Crippen LogP) is 5.61. The van der Waals surface area contributed by atoms with Crippen LogP contribution in [0.25, 0.3) is 32.8 Å². The van der Waals surface area contributed by atoms with Gasteiger partial charge in [0.25, 0.3) is 0 Å². The molecule has 242 valence electrons. The minimum atomic E-state index is -3.48. The summed E-state index contributed by atoms with van der Waals surface area (Å²) in [6, 6.07) is 16.0. The van der Waals surface area contributed by atoms with Crippen molar-refractivity contribution in [1.29, 1.82) is 0 Å². The van der Waals surface area contributed by atoms with Crippen LogP contribution < -0.4 is 4.74 Å². The first-order valence-electron chi connectivity index (χ1n) is 15.3. The van der Waals surface area contributed by atoms with Crippen molar-refractivity contribution in [3.05, 3.63) is 81.8 Å². The fourth-order valence-electron chi connectivity index (χ4n) is 6.55. The van der Waals surface area contributed by atoms with Crippen molar-refractivity contribution in [2.45, 2.75) is 46.4 Å². The van der Waals surface area contributed by atoms with Crippen LogP contribution in [0.15, 0.2) is 48.5 Å². The molecule has 0 aliphatic carbocycles. The van der Waals surface area contributed by atoms with Crippen LogP contribution in [0.4, 0.5) is 0 Å². The number of aromatic nitrogens is 3. The van der Waals surface area contributed by atoms with Crippen molar-refractivity contribution in [3.8, 4) is 16.9 Å². The van der Waals surface area contributed by atoms with Gasteiger partial charge >= 0.3 is 5.97 Å². The fourth-order valence-corrected chi connectivity index (χ4v) is 7.57. The zero-order valence-electron chi connectivity index (χ0n) is 26.3. The summed E-state index contributed by atoms with van der Waals surface area (Å²) in [4.78, 5) is 13.4. The summed E-state index contributed by atoms with van der Waals surface area (Å²) in [6.45, 7) is 4.78. The molecule has 12 heteroatoms. The molecule has 5 aromatic rings. The summed E-state index contributed by atoms with van der Waals surface area (Å²) >= 11 is 6.92. The van der Waals surface area contributed by atoms with Gasteiger partial charge in [-0.05, 0) is 55.3 Å². The van der Waals surface area contributed by atoms with E-state index in [4.69, 9.17) is 21.1 Å². The van der Waals surface area contributed by atoms with Crippen molar-refractivity contribution >= 4 is 49.3 Å². The highest BCUT2D eigenvalue weighted by Crippen LogP contribution is 2.43. The zero-order chi connectivity index (χ0) is 32.7. The molecule has 0 atom stereocenters. The minimum absolute atomic E-state index is 0.0842. The minimum Gasteiger partial charge on any atom is -0.493 e. The fraction of sp³-hybridized carbons (Fsp3) is 0.353. The van der Waals surface area contributed by atoms with Crippen molar-refractivity contribution < 1.29 is 27.8 Å². The molecule has 2 aromatic heterocycles. The third-order valence-electron chi connectivity index (χ3n) is 8.56. The van der Waals surface area contributed by atoms with E-state index in [2.05, 4.69) is 17.2 Å². The number of carbonyl (C=O) groups is 1. The number of rotatable bonds is 10. The molecule has 0 amide bonds. The smallest absolute Gasteiger partial charge is 0.355 e. The molecule has 3 aromatic carbocycles. The second-order valence-corrected chi connectivity index (χ2v) is 14.0. The Morgan fingerprint density at radius 2 is 1.87 bits per heavy atom. The summed E-state index contributed by atoms with van der Waals surface area (Å²) < 4.78 is 41.7. The predicted molar refractivity (Wildman–Crippen MR) is 179 cm³/mol. The third kappa shape index (κ3) is 5.77. The monoisotopic (exact) mass is 664 g/mol. The van der Waals surface area contributed by atoms with E-state index in [1.165, 1.54) is 10.6 Å². The van der Waals surface area contributed by atoms with Crippen LogP contribution in [0.5, 0.6) is 5.75 Å². The van der Waals surface area contributed by atoms with Crippen LogP contribution in [0.3, 0.4) is 0 Å². The normalized spacial score (nSPS) is 13.8. The number of hydrogen-bond acceptors (Lipinski definition) is 7. The molecule has 0 spiro atoms. The highest BCUT2D eigenvalue weighted by Gasteiger charge is 2.32. The average molecular weight is 665 g/mol. The molecule has 1 aliphatic heterocycles. The Hall–Kier alpha value is -3.90. The number of hydrogen-bond donors (Lipinski definition) is 1. The second kappa shape index (κ2) is 12.7. The van der Waals surface area contributed by atoms with Crippen molar-refractivity contribution in [3.63, 3.8) is 0 Å². The first kappa shape index (κ1) is 32.1. The van der Waals surface area contributed by atoms with Crippen LogP contribution in [-0.2, 0) is 47.9 Å². The quantitative estimate of drug-likeness (QED) is 0.152. The average Bonchev–Trinajstić information content (AvgIpc) is 3.52. The number of fused-ring (bicyclic) bond motifs is 3. The number of halogens is 1. The molecule has 1 aliphatic rings. The summed E-state index contributed by atoms with van der Waals surface area (Å²) in [6.07, 6.45) is 2.33. The molecule has 1 N–H and O–H groups in total. The lowest BCUT2D eigenvalue weighted by Crippen LogP contribution is -2.37. The molecular formula is C34H37ClN4O6S. The van der Waals surface area contributed by atoms with Crippen molar-refractivity contribution in [1.82, 2.24) is 18.7 Å². The topological polar surface area (TPSA) is 116 Å². The molecule has 0 radical (unpaired) electrons. The number of benzene rings is 3. The van der Waals surface area contributed by atoms with Gasteiger partial charge in [-0.2, -0.15) is 9.40 Å². The highest BCUT2D eigenvalue weighted by atomic mass is 35.5. The maximum Gasteiger partial charge on any atom is 0.355 e. The maximum atomic E-state index is 13.4. The van der Waals surface area contributed by atoms with Gasteiger partial charge in [0.2, 0.25) is 10.0 Å². The van der Waals surface area contributed by atoms with Gasteiger partial charge in [0.1, 0.15) is 11.4 Å². The van der Waals surface area contributed by atoms with Crippen molar-refractivity contribution in [2.75, 3.05) is 26.0 Å². The second-order valence-electron chi connectivity index (χ2n) is 11.6. The van der Waals surface area contributed by atoms with Gasteiger partial charge in [-0.25, -0.2) is 13.2 Å². The number of aryl methyl sites for hydroxylation is 3. The largest absolute Gasteiger partial charge is 0.493 e. The van der Waals surface area contributed by atoms with E-state index in [0.29, 0.717) is 64.7 Å². The Balaban J connectivity index is 1.42. The van der Waals surface area contributed by atoms with Gasteiger partial charge < -0.3 is 19.1 Å². The molecule has 0 saturated heterocycles. The number of sulfonamides is 1. The molecule has 0 fully saturated rings. The van der Waals surface area contributed by atoms with Gasteiger partial charge in [0, 0.05) is 35.5 Å². The van der Waals surface area contributed by atoms with Gasteiger partial charge in [-0.1, -0.05) is 48.0 Å². The van der Waals surface area contributed by atoms with Crippen molar-refractivity contribution in [2.24, 2.45) is 7.05 Å². The van der Waals surface area contributed by atoms with Gasteiger partial charge in [-0.15, -0.1) is 0 Å². The Morgan fingerprint density at radius 3 is 2.61 bits per heavy atom. The lowest BCUT2D eigenvalue weighted by atomic mass is 9.97. The summed E-state index contributed by atoms with van der Waals surface area (Å²) in [5, 5.41) is 18.4. The molecule has 0 bridgehead atoms. The molecule has 0 unspecified atom stereocenters. The van der Waals surface area contributed by atoms with Crippen LogP contribution in [0.2, 0.25) is 5.02 Å². The first-order valence-corrected chi connectivity index (χ1v) is 17.5. The third-order valence-corrected chi connectivity index (χ3v) is 10.1. The van der Waals surface area contributed by atoms with E-state index >= 15 is 0 Å². The number of ether oxygens (including phenoxy) is 2. The molecule has 10 nitrogen and oxygen atoms in total. The van der Waals surface area contributed by atoms with Crippen LogP contribution in [0, 0.1) is 6.92 Å². The number of aliphatic hydroxyl groups is 1. The van der Waals surface area contributed by atoms with Gasteiger partial charge in [-0.3, -0.25) is 4.68 Å². The Morgan fingerprint density at radius 1 is 1.09 bits per heavy atom. The van der Waals surface area contributed by atoms with Crippen LogP contribution >= 0.6 is 11.6 Å². The standard InChI is InChI=1S/C34H37ClN4O6S/c1-5-44-34(41)33-24(11-8-16-45-29-18-21(2)17-22-9-6-7-10-23(22)29)25-12-13-26(35)30(32(25)37(33)3)31-27(20-40)36-39-15-14-38(19-28(31)39)46(4,42)43/h6-7,9-10,12-13,17-18,40H,5,8,11,14-16,19-20H2,1-4H3. The molecular weight excluding hydrogens is 628 g/mol. The SMILES string of the molecule is CCOC(=O)c1c(CCCOc2cc(C)cc3ccccc23)c2ccc(Cl)c(-c3c(CO)nn4c3CN(S(C)(=O)=O)CC4)c2n1C. The molecule has 0 saturated carbocycles. The lowest BCUT2D eigenvalue weighted by molar-refractivity contribution is 0.0514. The Labute approximate surface area is 273 Å². The van der Waals surface area contributed by atoms with E-state index in [0.717, 1.165) is 33.0 Å². The Bertz CT molecular complexity index is 2080. The van der Waals surface area contributed by atoms with E-state index < -0.39 is 16.0 Å². The van der Waals surface area contributed by atoms with Crippen LogP contribution in [0.1, 0.15) is 46.3 Å². The zero-order valence-corrected chi connectivity index (χ0v) is 27.9. The molecule has 3 heterocycles. The number of nitrogens with zero attached hydrogens (tertiary/aromatic N) is 4. The van der Waals surface area contributed by atoms with Crippen LogP contribution in [-0.4, -0.2) is 64.2 Å². The highest BCUT2D eigenvalue weighted by molar-refractivity contribution is 7.88. The number of carbonyl (C=O) groups excluding carboxylic acids is 1. The van der Waals surface area contributed by atoms with Gasteiger partial charge in [0.05, 0.1) is 61.1 Å². The number of aliphatic hydroxyl groups excluding tert-OH is 1. The van der Waals surface area contributed by atoms with E-state index in [-0.39, 0.29) is 26.3 Å². The molecule has 46 heavy (non-hydrogen) atoms. The summed E-state index contributed by atoms with van der Waals surface area (Å²) in [7, 11) is -1.68. The summed E-state index contributed by atoms with van der Waals surface area (Å²) in [5.74, 6) is 0.366. The van der Waals surface area contributed by atoms with E-state index in [9.17, 15) is 18.3 Å².